The monoisotopic (exact) mass is 378 g/mol. The Hall–Kier alpha value is -2.45. The number of methoxy groups -OCH3 is 1. The van der Waals surface area contributed by atoms with Gasteiger partial charge in [0.15, 0.2) is 0 Å². The molecule has 1 amide bonds. The lowest BCUT2D eigenvalue weighted by Crippen LogP contribution is -2.63. The summed E-state index contributed by atoms with van der Waals surface area (Å²) < 4.78 is 20.1. The first-order valence-electron chi connectivity index (χ1n) is 9.09. The minimum absolute atomic E-state index is 0.111. The number of likely N-dealkylation sites (tertiary alicyclic amines) is 1. The first-order valence-corrected chi connectivity index (χ1v) is 9.09. The quantitative estimate of drug-likeness (QED) is 0.672. The van der Waals surface area contributed by atoms with Gasteiger partial charge in [0.2, 0.25) is 5.88 Å². The summed E-state index contributed by atoms with van der Waals surface area (Å²) in [7, 11) is 1.49. The van der Waals surface area contributed by atoms with Gasteiger partial charge in [0, 0.05) is 17.0 Å². The van der Waals surface area contributed by atoms with Gasteiger partial charge in [-0.25, -0.2) is 18.8 Å². The van der Waals surface area contributed by atoms with Crippen LogP contribution in [-0.2, 0) is 0 Å². The predicted molar refractivity (Wildman–Crippen MR) is 98.0 cm³/mol. The summed E-state index contributed by atoms with van der Waals surface area (Å²) in [6, 6.07) is 6.48. The van der Waals surface area contributed by atoms with Crippen molar-refractivity contribution in [3.63, 3.8) is 0 Å². The van der Waals surface area contributed by atoms with E-state index < -0.39 is 17.8 Å². The van der Waals surface area contributed by atoms with E-state index in [9.17, 15) is 19.4 Å². The molecule has 0 aliphatic carbocycles. The molecule has 0 radical (unpaired) electrons. The predicted octanol–water partition coefficient (Wildman–Crippen LogP) is 2.64. The number of halogens is 1. The van der Waals surface area contributed by atoms with Crippen LogP contribution in [0.4, 0.5) is 9.18 Å². The van der Waals surface area contributed by atoms with Crippen molar-refractivity contribution in [2.24, 2.45) is 0 Å². The number of rotatable bonds is 6. The number of piperidine rings is 1. The molecule has 0 bridgehead atoms. The van der Waals surface area contributed by atoms with Crippen molar-refractivity contribution in [2.75, 3.05) is 33.4 Å². The van der Waals surface area contributed by atoms with Gasteiger partial charge in [0.05, 0.1) is 25.2 Å². The van der Waals surface area contributed by atoms with Crippen LogP contribution in [0.15, 0.2) is 24.3 Å². The molecule has 2 aromatic rings. The SMILES string of the molecule is COc1ccc2ccc(F)c(C(CO)C[N+]3(NC(=O)O)CCCCC3)c2n1. The second-order valence-corrected chi connectivity index (χ2v) is 7.02. The maximum Gasteiger partial charge on any atom is 0.449 e. The van der Waals surface area contributed by atoms with Crippen LogP contribution in [0.5, 0.6) is 5.88 Å². The molecule has 8 heteroatoms. The summed E-state index contributed by atoms with van der Waals surface area (Å²) in [6.45, 7) is 1.19. The van der Waals surface area contributed by atoms with E-state index in [4.69, 9.17) is 4.74 Å². The molecule has 1 saturated heterocycles. The van der Waals surface area contributed by atoms with Gasteiger partial charge in [-0.05, 0) is 37.5 Å². The molecule has 1 aromatic carbocycles. The Labute approximate surface area is 156 Å². The Kier molecular flexibility index (Phi) is 5.76. The van der Waals surface area contributed by atoms with Crippen LogP contribution >= 0.6 is 0 Å². The number of hydrogen-bond acceptors (Lipinski definition) is 4. The molecule has 1 unspecified atom stereocenters. The maximum atomic E-state index is 14.8. The average Bonchev–Trinajstić information content (AvgIpc) is 2.66. The number of benzene rings is 1. The number of fused-ring (bicyclic) bond motifs is 1. The van der Waals surface area contributed by atoms with Crippen molar-refractivity contribution in [1.82, 2.24) is 10.4 Å². The maximum absolute atomic E-state index is 14.8. The number of aromatic nitrogens is 1. The van der Waals surface area contributed by atoms with Gasteiger partial charge in [0.25, 0.3) is 0 Å². The number of amides is 1. The highest BCUT2D eigenvalue weighted by Gasteiger charge is 2.37. The third kappa shape index (κ3) is 4.12. The highest BCUT2D eigenvalue weighted by Crippen LogP contribution is 2.31. The van der Waals surface area contributed by atoms with Crippen LogP contribution in [0.1, 0.15) is 30.7 Å². The van der Waals surface area contributed by atoms with Crippen LogP contribution < -0.4 is 10.2 Å². The molecule has 1 fully saturated rings. The molecule has 27 heavy (non-hydrogen) atoms. The van der Waals surface area contributed by atoms with E-state index in [-0.39, 0.29) is 17.7 Å². The number of aliphatic hydroxyl groups excluding tert-OH is 1. The molecular formula is C19H25FN3O4+. The van der Waals surface area contributed by atoms with Gasteiger partial charge in [-0.2, -0.15) is 5.43 Å². The highest BCUT2D eigenvalue weighted by molar-refractivity contribution is 5.83. The summed E-state index contributed by atoms with van der Waals surface area (Å²) in [6.07, 6.45) is 1.67. The smallest absolute Gasteiger partial charge is 0.449 e. The first-order chi connectivity index (χ1) is 13.0. The van der Waals surface area contributed by atoms with E-state index in [0.717, 1.165) is 24.6 Å². The second kappa shape index (κ2) is 8.06. The largest absolute Gasteiger partial charge is 0.481 e. The molecular weight excluding hydrogens is 353 g/mol. The van der Waals surface area contributed by atoms with Gasteiger partial charge < -0.3 is 14.9 Å². The van der Waals surface area contributed by atoms with Crippen LogP contribution in [0.2, 0.25) is 0 Å². The lowest BCUT2D eigenvalue weighted by molar-refractivity contribution is -0.966. The Morgan fingerprint density at radius 2 is 2.00 bits per heavy atom. The lowest BCUT2D eigenvalue weighted by atomic mass is 9.94. The molecule has 7 nitrogen and oxygen atoms in total. The van der Waals surface area contributed by atoms with Crippen molar-refractivity contribution >= 4 is 17.0 Å². The Bertz CT molecular complexity index is 824. The molecule has 3 rings (SSSR count). The fraction of sp³-hybridized carbons (Fsp3) is 0.474. The molecule has 146 valence electrons. The lowest BCUT2D eigenvalue weighted by Gasteiger charge is -2.41. The van der Waals surface area contributed by atoms with E-state index >= 15 is 0 Å². The normalized spacial score (nSPS) is 17.4. The second-order valence-electron chi connectivity index (χ2n) is 7.02. The fourth-order valence-electron chi connectivity index (χ4n) is 3.99. The van der Waals surface area contributed by atoms with Crippen molar-refractivity contribution in [3.05, 3.63) is 35.6 Å². The van der Waals surface area contributed by atoms with E-state index in [0.29, 0.717) is 30.0 Å². The summed E-state index contributed by atoms with van der Waals surface area (Å²) in [5, 5.41) is 20.1. The number of quaternary nitrogens is 1. The number of carboxylic acid groups (broad SMARTS) is 1. The van der Waals surface area contributed by atoms with Crippen LogP contribution in [0, 0.1) is 5.82 Å². The van der Waals surface area contributed by atoms with Crippen molar-refractivity contribution in [2.45, 2.75) is 25.2 Å². The van der Waals surface area contributed by atoms with E-state index in [1.807, 2.05) is 0 Å². The number of ether oxygens (including phenoxy) is 1. The van der Waals surface area contributed by atoms with Gasteiger partial charge in [0.1, 0.15) is 25.5 Å². The van der Waals surface area contributed by atoms with Crippen LogP contribution in [-0.4, -0.2) is 59.2 Å². The van der Waals surface area contributed by atoms with Gasteiger partial charge in [-0.15, -0.1) is 0 Å². The molecule has 1 aliphatic rings. The van der Waals surface area contributed by atoms with E-state index in [2.05, 4.69) is 10.4 Å². The van der Waals surface area contributed by atoms with Crippen LogP contribution in [0.3, 0.4) is 0 Å². The number of hydrogen-bond donors (Lipinski definition) is 3. The topological polar surface area (TPSA) is 91.7 Å². The molecule has 3 N–H and O–H groups in total. The summed E-state index contributed by atoms with van der Waals surface area (Å²) in [5.74, 6) is -0.706. The summed E-state index contributed by atoms with van der Waals surface area (Å²) in [4.78, 5) is 15.7. The summed E-state index contributed by atoms with van der Waals surface area (Å²) in [5.41, 5.74) is 3.32. The van der Waals surface area contributed by atoms with Gasteiger partial charge in [-0.1, -0.05) is 0 Å². The number of nitrogens with zero attached hydrogens (tertiary/aromatic N) is 2. The molecule has 0 saturated carbocycles. The first kappa shape index (κ1) is 19.3. The number of aliphatic hydroxyl groups is 1. The zero-order valence-electron chi connectivity index (χ0n) is 15.3. The Morgan fingerprint density at radius 3 is 2.63 bits per heavy atom. The van der Waals surface area contributed by atoms with Crippen molar-refractivity contribution in [3.8, 4) is 5.88 Å². The van der Waals surface area contributed by atoms with E-state index in [1.54, 1.807) is 18.2 Å². The number of carbonyl (C=O) groups is 1. The van der Waals surface area contributed by atoms with Gasteiger partial charge in [-0.3, -0.25) is 0 Å². The Balaban J connectivity index is 2.03. The third-order valence-electron chi connectivity index (χ3n) is 5.24. The minimum atomic E-state index is -1.12. The standard InChI is InChI=1S/C19H24FN3O4/c1-27-16-8-6-13-5-7-15(20)17(18(13)21-16)14(12-24)11-23(22-19(25)26)9-3-2-4-10-23/h5-8,14,22,24H,2-4,9-12H2,1H3/p+1. The zero-order chi connectivity index (χ0) is 19.4. The average molecular weight is 378 g/mol. The Morgan fingerprint density at radius 1 is 1.30 bits per heavy atom. The molecule has 1 atom stereocenters. The molecule has 2 heterocycles. The van der Waals surface area contributed by atoms with Crippen LogP contribution in [0.25, 0.3) is 10.9 Å². The number of pyridine rings is 1. The number of nitrogens with one attached hydrogen (secondary N) is 1. The highest BCUT2D eigenvalue weighted by atomic mass is 19.1. The zero-order valence-corrected chi connectivity index (χ0v) is 15.3. The molecule has 1 aromatic heterocycles. The third-order valence-corrected chi connectivity index (χ3v) is 5.24. The van der Waals surface area contributed by atoms with Crippen molar-refractivity contribution < 1.29 is 28.7 Å². The molecule has 1 aliphatic heterocycles. The van der Waals surface area contributed by atoms with Crippen molar-refractivity contribution in [1.29, 1.82) is 0 Å². The molecule has 0 spiro atoms. The minimum Gasteiger partial charge on any atom is -0.481 e. The summed E-state index contributed by atoms with van der Waals surface area (Å²) >= 11 is 0. The fourth-order valence-corrected chi connectivity index (χ4v) is 3.99. The van der Waals surface area contributed by atoms with E-state index in [1.165, 1.54) is 13.2 Å². The van der Waals surface area contributed by atoms with Gasteiger partial charge >= 0.3 is 6.09 Å².